The number of hydrogen-bond acceptors (Lipinski definition) is 4. The Bertz CT molecular complexity index is 386. The molecule has 1 heterocycles. The smallest absolute Gasteiger partial charge is 0.305 e. The van der Waals surface area contributed by atoms with E-state index in [0.717, 1.165) is 0 Å². The number of nitrogens with zero attached hydrogens (tertiary/aromatic N) is 1. The first-order valence-electron chi connectivity index (χ1n) is 4.98. The molecule has 1 amide bonds. The fraction of sp³-hybridized carbons (Fsp3) is 0.500. The van der Waals surface area contributed by atoms with Crippen molar-refractivity contribution >= 4 is 11.9 Å². The van der Waals surface area contributed by atoms with Crippen molar-refractivity contribution in [1.82, 2.24) is 10.5 Å². The van der Waals surface area contributed by atoms with Crippen LogP contribution in [-0.4, -0.2) is 28.2 Å². The molecule has 1 rings (SSSR count). The first kappa shape index (κ1) is 12.2. The number of aliphatic carboxylic acids is 1. The number of aryl methyl sites for hydroxylation is 1. The summed E-state index contributed by atoms with van der Waals surface area (Å²) in [7, 11) is 0. The summed E-state index contributed by atoms with van der Waals surface area (Å²) in [4.78, 5) is 22.2. The predicted molar refractivity (Wildman–Crippen MR) is 55.0 cm³/mol. The van der Waals surface area contributed by atoms with Crippen molar-refractivity contribution in [2.75, 3.05) is 0 Å². The summed E-state index contributed by atoms with van der Waals surface area (Å²) in [5, 5.41) is 14.7. The highest BCUT2D eigenvalue weighted by atomic mass is 16.5. The molecule has 0 aliphatic rings. The third-order valence-corrected chi connectivity index (χ3v) is 2.20. The topological polar surface area (TPSA) is 92.4 Å². The second-order valence-electron chi connectivity index (χ2n) is 3.51. The maximum Gasteiger partial charge on any atom is 0.305 e. The Morgan fingerprint density at radius 3 is 2.75 bits per heavy atom. The molecular formula is C10H14N2O4. The summed E-state index contributed by atoms with van der Waals surface area (Å²) < 4.78 is 4.77. The molecule has 88 valence electrons. The maximum absolute atomic E-state index is 11.6. The lowest BCUT2D eigenvalue weighted by Crippen LogP contribution is -2.36. The quantitative estimate of drug-likeness (QED) is 0.780. The van der Waals surface area contributed by atoms with E-state index in [-0.39, 0.29) is 12.2 Å². The van der Waals surface area contributed by atoms with Gasteiger partial charge in [0.15, 0.2) is 0 Å². The minimum absolute atomic E-state index is 0.102. The molecule has 16 heavy (non-hydrogen) atoms. The molecule has 1 atom stereocenters. The lowest BCUT2D eigenvalue weighted by Gasteiger charge is -2.13. The summed E-state index contributed by atoms with van der Waals surface area (Å²) in [6.45, 7) is 3.50. The highest BCUT2D eigenvalue weighted by Crippen LogP contribution is 2.07. The van der Waals surface area contributed by atoms with E-state index in [1.165, 1.54) is 6.20 Å². The fourth-order valence-electron chi connectivity index (χ4n) is 1.27. The van der Waals surface area contributed by atoms with Gasteiger partial charge in [0.1, 0.15) is 0 Å². The van der Waals surface area contributed by atoms with Gasteiger partial charge in [-0.1, -0.05) is 12.1 Å². The van der Waals surface area contributed by atoms with Gasteiger partial charge in [0.05, 0.1) is 12.6 Å². The van der Waals surface area contributed by atoms with Crippen molar-refractivity contribution in [3.63, 3.8) is 0 Å². The number of carboxylic acid groups (broad SMARTS) is 1. The highest BCUT2D eigenvalue weighted by Gasteiger charge is 2.19. The Kier molecular flexibility index (Phi) is 4.04. The lowest BCUT2D eigenvalue weighted by atomic mass is 10.1. The minimum Gasteiger partial charge on any atom is -0.481 e. The number of aromatic nitrogens is 1. The van der Waals surface area contributed by atoms with Gasteiger partial charge in [0.2, 0.25) is 5.76 Å². The zero-order chi connectivity index (χ0) is 12.1. The van der Waals surface area contributed by atoms with E-state index in [9.17, 15) is 9.59 Å². The lowest BCUT2D eigenvalue weighted by molar-refractivity contribution is -0.137. The first-order valence-corrected chi connectivity index (χ1v) is 4.98. The summed E-state index contributed by atoms with van der Waals surface area (Å²) >= 11 is 0. The van der Waals surface area contributed by atoms with Crippen molar-refractivity contribution in [2.45, 2.75) is 32.7 Å². The average Bonchev–Trinajstić information content (AvgIpc) is 2.62. The van der Waals surface area contributed by atoms with E-state index in [1.807, 2.05) is 0 Å². The third-order valence-electron chi connectivity index (χ3n) is 2.20. The van der Waals surface area contributed by atoms with Crippen molar-refractivity contribution in [1.29, 1.82) is 0 Å². The van der Waals surface area contributed by atoms with Crippen molar-refractivity contribution in [2.24, 2.45) is 0 Å². The number of amides is 1. The van der Waals surface area contributed by atoms with Gasteiger partial charge in [-0.25, -0.2) is 0 Å². The van der Waals surface area contributed by atoms with Gasteiger partial charge >= 0.3 is 5.97 Å². The van der Waals surface area contributed by atoms with Crippen LogP contribution in [0.1, 0.15) is 35.9 Å². The summed E-state index contributed by atoms with van der Waals surface area (Å²) in [6.07, 6.45) is 1.88. The molecule has 6 nitrogen and oxygen atoms in total. The van der Waals surface area contributed by atoms with E-state index in [0.29, 0.717) is 12.0 Å². The van der Waals surface area contributed by atoms with Gasteiger partial charge in [-0.3, -0.25) is 9.59 Å². The average molecular weight is 226 g/mol. The van der Waals surface area contributed by atoms with Gasteiger partial charge in [-0.05, 0) is 13.3 Å². The number of carboxylic acids is 1. The van der Waals surface area contributed by atoms with E-state index >= 15 is 0 Å². The molecule has 6 heteroatoms. The molecule has 0 spiro atoms. The number of carbonyl (C=O) groups is 2. The minimum atomic E-state index is -0.943. The fourth-order valence-corrected chi connectivity index (χ4v) is 1.27. The van der Waals surface area contributed by atoms with E-state index < -0.39 is 17.9 Å². The SMILES string of the molecule is CCC(CC(=O)O)NC(=O)c1oncc1C. The molecule has 2 N–H and O–H groups in total. The largest absolute Gasteiger partial charge is 0.481 e. The summed E-state index contributed by atoms with van der Waals surface area (Å²) in [6, 6.07) is -0.394. The van der Waals surface area contributed by atoms with Crippen LogP contribution in [0.5, 0.6) is 0 Å². The standard InChI is InChI=1S/C10H14N2O4/c1-3-7(4-8(13)14)12-10(15)9-6(2)5-11-16-9/h5,7H,3-4H2,1-2H3,(H,12,15)(H,13,14). The zero-order valence-electron chi connectivity index (χ0n) is 9.19. The molecule has 0 bridgehead atoms. The molecule has 0 aliphatic heterocycles. The van der Waals surface area contributed by atoms with E-state index in [2.05, 4.69) is 10.5 Å². The molecule has 0 saturated carbocycles. The van der Waals surface area contributed by atoms with Crippen LogP contribution in [-0.2, 0) is 4.79 Å². The van der Waals surface area contributed by atoms with Crippen LogP contribution in [0.25, 0.3) is 0 Å². The Morgan fingerprint density at radius 2 is 2.31 bits per heavy atom. The van der Waals surface area contributed by atoms with Gasteiger partial charge in [0, 0.05) is 11.6 Å². The van der Waals surface area contributed by atoms with Crippen LogP contribution in [0.4, 0.5) is 0 Å². The first-order chi connectivity index (χ1) is 7.54. The highest BCUT2D eigenvalue weighted by molar-refractivity contribution is 5.93. The van der Waals surface area contributed by atoms with Crippen LogP contribution in [0.2, 0.25) is 0 Å². The summed E-state index contributed by atoms with van der Waals surface area (Å²) in [5.41, 5.74) is 0.627. The second-order valence-corrected chi connectivity index (χ2v) is 3.51. The van der Waals surface area contributed by atoms with Gasteiger partial charge in [-0.2, -0.15) is 0 Å². The number of rotatable bonds is 5. The number of carbonyl (C=O) groups excluding carboxylic acids is 1. The third kappa shape index (κ3) is 3.08. The van der Waals surface area contributed by atoms with Crippen molar-refractivity contribution in [3.05, 3.63) is 17.5 Å². The number of nitrogens with one attached hydrogen (secondary N) is 1. The van der Waals surface area contributed by atoms with Gasteiger partial charge in [0.25, 0.3) is 5.91 Å². The zero-order valence-corrected chi connectivity index (χ0v) is 9.19. The molecule has 0 aliphatic carbocycles. The van der Waals surface area contributed by atoms with E-state index in [4.69, 9.17) is 9.63 Å². The van der Waals surface area contributed by atoms with Crippen LogP contribution in [0.15, 0.2) is 10.7 Å². The van der Waals surface area contributed by atoms with E-state index in [1.54, 1.807) is 13.8 Å². The normalized spacial score (nSPS) is 12.1. The molecular weight excluding hydrogens is 212 g/mol. The van der Waals surface area contributed by atoms with Gasteiger partial charge < -0.3 is 14.9 Å². The van der Waals surface area contributed by atoms with Crippen molar-refractivity contribution in [3.8, 4) is 0 Å². The van der Waals surface area contributed by atoms with Crippen molar-refractivity contribution < 1.29 is 19.2 Å². The van der Waals surface area contributed by atoms with Gasteiger partial charge in [-0.15, -0.1) is 0 Å². The molecule has 0 radical (unpaired) electrons. The Balaban J connectivity index is 2.62. The molecule has 1 aromatic heterocycles. The van der Waals surface area contributed by atoms with Crippen LogP contribution < -0.4 is 5.32 Å². The summed E-state index contributed by atoms with van der Waals surface area (Å²) in [5.74, 6) is -1.24. The molecule has 0 aromatic carbocycles. The Labute approximate surface area is 92.6 Å². The van der Waals surface area contributed by atoms with Crippen LogP contribution in [0.3, 0.4) is 0 Å². The Morgan fingerprint density at radius 1 is 1.62 bits per heavy atom. The van der Waals surface area contributed by atoms with Crippen LogP contribution in [0, 0.1) is 6.92 Å². The molecule has 1 aromatic rings. The molecule has 0 fully saturated rings. The monoisotopic (exact) mass is 226 g/mol. The predicted octanol–water partition coefficient (Wildman–Crippen LogP) is 0.966. The Hall–Kier alpha value is -1.85. The molecule has 0 saturated heterocycles. The number of hydrogen-bond donors (Lipinski definition) is 2. The second kappa shape index (κ2) is 5.29. The maximum atomic E-state index is 11.6. The molecule has 1 unspecified atom stereocenters. The van der Waals surface area contributed by atoms with Crippen LogP contribution >= 0.6 is 0 Å².